The Bertz CT molecular complexity index is 3160. The van der Waals surface area contributed by atoms with Crippen LogP contribution in [0.5, 0.6) is 0 Å². The molecule has 2 nitrogen and oxygen atoms in total. The average Bonchev–Trinajstić information content (AvgIpc) is 3.79. The first-order valence-electron chi connectivity index (χ1n) is 18.0. The van der Waals surface area contributed by atoms with Gasteiger partial charge in [0.05, 0.1) is 0 Å². The third kappa shape index (κ3) is 4.86. The lowest BCUT2D eigenvalue weighted by Gasteiger charge is -2.26. The van der Waals surface area contributed by atoms with E-state index >= 15 is 0 Å². The predicted octanol–water partition coefficient (Wildman–Crippen LogP) is 15.1. The van der Waals surface area contributed by atoms with Crippen molar-refractivity contribution in [3.05, 3.63) is 188 Å². The third-order valence-electron chi connectivity index (χ3n) is 10.7. The van der Waals surface area contributed by atoms with Crippen molar-refractivity contribution in [2.24, 2.45) is 0 Å². The van der Waals surface area contributed by atoms with Gasteiger partial charge in [-0.3, -0.25) is 0 Å². The Balaban J connectivity index is 1.06. The molecule has 2 aromatic heterocycles. The van der Waals surface area contributed by atoms with E-state index in [2.05, 4.69) is 181 Å². The zero-order chi connectivity index (χ0) is 34.9. The molecule has 0 saturated carbocycles. The van der Waals surface area contributed by atoms with Crippen LogP contribution in [0.25, 0.3) is 85.9 Å². The van der Waals surface area contributed by atoms with Crippen LogP contribution in [0.2, 0.25) is 0 Å². The zero-order valence-corrected chi connectivity index (χ0v) is 29.5. The van der Waals surface area contributed by atoms with Crippen LogP contribution in [0, 0.1) is 0 Å². The highest BCUT2D eigenvalue weighted by atomic mass is 32.1. The molecule has 0 aliphatic rings. The molecule has 53 heavy (non-hydrogen) atoms. The maximum Gasteiger partial charge on any atom is 0.135 e. The van der Waals surface area contributed by atoms with Crippen molar-refractivity contribution in [2.75, 3.05) is 4.90 Å². The minimum absolute atomic E-state index is 0.889. The minimum atomic E-state index is 0.889. The molecule has 0 fully saturated rings. The van der Waals surface area contributed by atoms with Crippen LogP contribution in [-0.2, 0) is 0 Å². The number of fused-ring (bicyclic) bond motifs is 9. The Labute approximate surface area is 310 Å². The second kappa shape index (κ2) is 11.9. The summed E-state index contributed by atoms with van der Waals surface area (Å²) in [5, 5.41) is 9.94. The molecule has 0 saturated heterocycles. The van der Waals surface area contributed by atoms with Crippen LogP contribution in [-0.4, -0.2) is 0 Å². The molecular formula is C50H31NOS. The Hall–Kier alpha value is -6.68. The van der Waals surface area contributed by atoms with Crippen molar-refractivity contribution in [1.82, 2.24) is 0 Å². The number of para-hydroxylation sites is 1. The van der Waals surface area contributed by atoms with Crippen LogP contribution < -0.4 is 4.90 Å². The molecule has 0 N–H and O–H groups in total. The zero-order valence-electron chi connectivity index (χ0n) is 28.7. The van der Waals surface area contributed by atoms with E-state index in [-0.39, 0.29) is 0 Å². The first-order chi connectivity index (χ1) is 26.3. The number of rotatable bonds is 5. The molecule has 0 aliphatic carbocycles. The molecule has 0 aliphatic heterocycles. The largest absolute Gasteiger partial charge is 0.456 e. The van der Waals surface area contributed by atoms with E-state index < -0.39 is 0 Å². The molecule has 0 spiro atoms. The van der Waals surface area contributed by atoms with Crippen molar-refractivity contribution in [3.63, 3.8) is 0 Å². The Morgan fingerprint density at radius 1 is 0.358 bits per heavy atom. The molecule has 0 atom stereocenters. The summed E-state index contributed by atoms with van der Waals surface area (Å²) in [6.45, 7) is 0. The van der Waals surface area contributed by atoms with Gasteiger partial charge in [0.1, 0.15) is 11.2 Å². The van der Waals surface area contributed by atoms with Gasteiger partial charge in [0, 0.05) is 53.4 Å². The molecule has 11 aromatic rings. The Morgan fingerprint density at radius 2 is 0.943 bits per heavy atom. The van der Waals surface area contributed by atoms with Crippen molar-refractivity contribution in [2.45, 2.75) is 0 Å². The second-order valence-electron chi connectivity index (χ2n) is 13.7. The fraction of sp³-hybridized carbons (Fsp3) is 0. The molecule has 0 radical (unpaired) electrons. The van der Waals surface area contributed by atoms with Gasteiger partial charge in [0.2, 0.25) is 0 Å². The topological polar surface area (TPSA) is 16.4 Å². The van der Waals surface area contributed by atoms with Gasteiger partial charge in [-0.2, -0.15) is 0 Å². The first-order valence-corrected chi connectivity index (χ1v) is 18.8. The van der Waals surface area contributed by atoms with Crippen LogP contribution in [0.3, 0.4) is 0 Å². The van der Waals surface area contributed by atoms with Gasteiger partial charge in [0.25, 0.3) is 0 Å². The van der Waals surface area contributed by atoms with E-state index in [4.69, 9.17) is 4.42 Å². The lowest BCUT2D eigenvalue weighted by Crippen LogP contribution is -2.09. The molecule has 0 bridgehead atoms. The van der Waals surface area contributed by atoms with Crippen LogP contribution in [0.15, 0.2) is 192 Å². The first kappa shape index (κ1) is 30.0. The monoisotopic (exact) mass is 693 g/mol. The molecule has 3 heteroatoms. The highest BCUT2D eigenvalue weighted by molar-refractivity contribution is 7.26. The smallest absolute Gasteiger partial charge is 0.135 e. The fourth-order valence-corrected chi connectivity index (χ4v) is 9.36. The van der Waals surface area contributed by atoms with Gasteiger partial charge in [-0.1, -0.05) is 127 Å². The molecule has 9 aromatic carbocycles. The summed E-state index contributed by atoms with van der Waals surface area (Å²) in [7, 11) is 0. The summed E-state index contributed by atoms with van der Waals surface area (Å²) < 4.78 is 8.91. The highest BCUT2D eigenvalue weighted by Gasteiger charge is 2.18. The number of hydrogen-bond acceptors (Lipinski definition) is 3. The number of nitrogens with zero attached hydrogens (tertiary/aromatic N) is 1. The fourth-order valence-electron chi connectivity index (χ4n) is 8.14. The van der Waals surface area contributed by atoms with Gasteiger partial charge in [-0.15, -0.1) is 11.3 Å². The number of benzene rings is 9. The summed E-state index contributed by atoms with van der Waals surface area (Å²) in [5.41, 5.74) is 9.92. The number of anilines is 3. The standard InChI is InChI=1S/C50H31NOS/c1-2-12-38-32(10-1)11-9-17-39(38)33-20-24-35(25-21-33)51(37-28-29-48-45(30-37)41-14-5-7-18-47(41)52-48)36-26-22-34(23-27-36)44-31-46-42-15-6-8-19-49(42)53-50(46)43-16-4-3-13-40(43)44/h1-31H. The maximum atomic E-state index is 6.23. The van der Waals surface area contributed by atoms with E-state index in [1.807, 2.05) is 23.5 Å². The molecule has 248 valence electrons. The molecule has 2 heterocycles. The van der Waals surface area contributed by atoms with Crippen LogP contribution in [0.4, 0.5) is 17.1 Å². The molecule has 0 unspecified atom stereocenters. The SMILES string of the molecule is c1ccc2c(-c3ccc(N(c4ccc(-c5cc6c7ccccc7sc6c6ccccc56)cc4)c4ccc5oc6ccccc6c5c4)cc3)cccc2c1. The molecular weight excluding hydrogens is 663 g/mol. The number of furan rings is 1. The summed E-state index contributed by atoms with van der Waals surface area (Å²) in [4.78, 5) is 2.35. The molecule has 0 amide bonds. The van der Waals surface area contributed by atoms with Crippen molar-refractivity contribution >= 4 is 92.1 Å². The third-order valence-corrected chi connectivity index (χ3v) is 11.9. The summed E-state index contributed by atoms with van der Waals surface area (Å²) in [6.07, 6.45) is 0. The Morgan fingerprint density at radius 3 is 1.74 bits per heavy atom. The van der Waals surface area contributed by atoms with Gasteiger partial charge in [-0.05, 0) is 99.1 Å². The van der Waals surface area contributed by atoms with Gasteiger partial charge < -0.3 is 9.32 Å². The van der Waals surface area contributed by atoms with Gasteiger partial charge in [-0.25, -0.2) is 0 Å². The van der Waals surface area contributed by atoms with Crippen LogP contribution in [0.1, 0.15) is 0 Å². The van der Waals surface area contributed by atoms with E-state index in [0.29, 0.717) is 0 Å². The molecule has 11 rings (SSSR count). The van der Waals surface area contributed by atoms with Crippen LogP contribution >= 0.6 is 11.3 Å². The highest BCUT2D eigenvalue weighted by Crippen LogP contribution is 2.44. The lowest BCUT2D eigenvalue weighted by molar-refractivity contribution is 0.669. The van der Waals surface area contributed by atoms with E-state index in [0.717, 1.165) is 39.0 Å². The summed E-state index contributed by atoms with van der Waals surface area (Å²) >= 11 is 1.89. The number of hydrogen-bond donors (Lipinski definition) is 0. The van der Waals surface area contributed by atoms with Crippen molar-refractivity contribution in [3.8, 4) is 22.3 Å². The normalized spacial score (nSPS) is 11.8. The van der Waals surface area contributed by atoms with Crippen molar-refractivity contribution in [1.29, 1.82) is 0 Å². The minimum Gasteiger partial charge on any atom is -0.456 e. The van der Waals surface area contributed by atoms with E-state index in [1.165, 1.54) is 64.0 Å². The Kier molecular flexibility index (Phi) is 6.76. The summed E-state index contributed by atoms with van der Waals surface area (Å²) in [6, 6.07) is 68.0. The van der Waals surface area contributed by atoms with Gasteiger partial charge >= 0.3 is 0 Å². The van der Waals surface area contributed by atoms with E-state index in [1.54, 1.807) is 0 Å². The predicted molar refractivity (Wildman–Crippen MR) is 227 cm³/mol. The lowest BCUT2D eigenvalue weighted by atomic mass is 9.95. The second-order valence-corrected chi connectivity index (χ2v) is 14.7. The van der Waals surface area contributed by atoms with Crippen molar-refractivity contribution < 1.29 is 4.42 Å². The number of thiophene rings is 1. The summed E-state index contributed by atoms with van der Waals surface area (Å²) in [5.74, 6) is 0. The quantitative estimate of drug-likeness (QED) is 0.178. The van der Waals surface area contributed by atoms with E-state index in [9.17, 15) is 0 Å². The van der Waals surface area contributed by atoms with Gasteiger partial charge in [0.15, 0.2) is 0 Å². The average molecular weight is 694 g/mol. The maximum absolute atomic E-state index is 6.23.